The zero-order valence-electron chi connectivity index (χ0n) is 10.9. The molecule has 0 spiro atoms. The summed E-state index contributed by atoms with van der Waals surface area (Å²) in [7, 11) is 2.91. The van der Waals surface area contributed by atoms with E-state index in [-0.39, 0.29) is 11.6 Å². The largest absolute Gasteiger partial charge is 0.464 e. The number of nitrogens with zero attached hydrogens (tertiary/aromatic N) is 1. The molecule has 0 fully saturated rings. The average Bonchev–Trinajstić information content (AvgIpc) is 2.83. The number of hydrogen-bond donors (Lipinski definition) is 2. The number of ether oxygens (including phenoxy) is 1. The van der Waals surface area contributed by atoms with Gasteiger partial charge in [-0.05, 0) is 13.8 Å². The third-order valence-corrected chi connectivity index (χ3v) is 3.22. The molecule has 0 saturated carbocycles. The van der Waals surface area contributed by atoms with Gasteiger partial charge in [-0.3, -0.25) is 4.79 Å². The monoisotopic (exact) mass is 271 g/mol. The summed E-state index contributed by atoms with van der Waals surface area (Å²) >= 11 is 1.30. The van der Waals surface area contributed by atoms with Gasteiger partial charge in [0.05, 0.1) is 12.5 Å². The lowest BCUT2D eigenvalue weighted by Gasteiger charge is -2.22. The number of esters is 1. The summed E-state index contributed by atoms with van der Waals surface area (Å²) in [6.07, 6.45) is 0. The van der Waals surface area contributed by atoms with Gasteiger partial charge in [0.1, 0.15) is 0 Å². The van der Waals surface area contributed by atoms with E-state index in [0.29, 0.717) is 11.7 Å². The van der Waals surface area contributed by atoms with E-state index < -0.39 is 11.4 Å². The van der Waals surface area contributed by atoms with Crippen LogP contribution in [0.15, 0.2) is 5.38 Å². The first-order valence-electron chi connectivity index (χ1n) is 5.40. The van der Waals surface area contributed by atoms with Crippen LogP contribution in [0.2, 0.25) is 0 Å². The Labute approximate surface area is 110 Å². The lowest BCUT2D eigenvalue weighted by atomic mass is 9.92. The van der Waals surface area contributed by atoms with Crippen LogP contribution < -0.4 is 10.6 Å². The van der Waals surface area contributed by atoms with Gasteiger partial charge >= 0.3 is 5.97 Å². The Hall–Kier alpha value is -1.63. The van der Waals surface area contributed by atoms with Crippen LogP contribution in [0.25, 0.3) is 0 Å². The van der Waals surface area contributed by atoms with Gasteiger partial charge in [-0.15, -0.1) is 11.3 Å². The van der Waals surface area contributed by atoms with Crippen molar-refractivity contribution in [1.82, 2.24) is 10.3 Å². The fourth-order valence-electron chi connectivity index (χ4n) is 1.27. The molecule has 2 N–H and O–H groups in total. The number of carbonyl (C=O) groups excluding carboxylic acids is 2. The van der Waals surface area contributed by atoms with Crippen LogP contribution in [0.4, 0.5) is 5.13 Å². The normalized spacial score (nSPS) is 10.9. The first kappa shape index (κ1) is 14.4. The van der Waals surface area contributed by atoms with Gasteiger partial charge in [0, 0.05) is 19.0 Å². The Bertz CT molecular complexity index is 442. The Kier molecular flexibility index (Phi) is 4.66. The van der Waals surface area contributed by atoms with E-state index in [0.717, 1.165) is 0 Å². The topological polar surface area (TPSA) is 80.3 Å². The Morgan fingerprint density at radius 2 is 2.17 bits per heavy atom. The summed E-state index contributed by atoms with van der Waals surface area (Å²) in [6.45, 7) is 4.09. The molecule has 0 saturated heterocycles. The van der Waals surface area contributed by atoms with Crippen LogP contribution in [0.3, 0.4) is 0 Å². The maximum atomic E-state index is 11.6. The molecular weight excluding hydrogens is 254 g/mol. The van der Waals surface area contributed by atoms with E-state index >= 15 is 0 Å². The van der Waals surface area contributed by atoms with Crippen molar-refractivity contribution in [1.29, 1.82) is 0 Å². The summed E-state index contributed by atoms with van der Waals surface area (Å²) in [5, 5.41) is 7.84. The van der Waals surface area contributed by atoms with E-state index in [9.17, 15) is 9.59 Å². The molecule has 0 aliphatic carbocycles. The van der Waals surface area contributed by atoms with Crippen LogP contribution in [0.5, 0.6) is 0 Å². The molecule has 7 heteroatoms. The maximum Gasteiger partial charge on any atom is 0.357 e. The molecule has 1 amide bonds. The molecular formula is C11H17N3O3S. The summed E-state index contributed by atoms with van der Waals surface area (Å²) in [4.78, 5) is 26.9. The van der Waals surface area contributed by atoms with Crippen molar-refractivity contribution in [2.24, 2.45) is 5.41 Å². The van der Waals surface area contributed by atoms with Crippen LogP contribution in [-0.2, 0) is 9.53 Å². The van der Waals surface area contributed by atoms with Crippen molar-refractivity contribution in [2.45, 2.75) is 13.8 Å². The molecule has 1 aromatic heterocycles. The van der Waals surface area contributed by atoms with Crippen molar-refractivity contribution < 1.29 is 14.3 Å². The molecule has 0 bridgehead atoms. The minimum Gasteiger partial charge on any atom is -0.464 e. The van der Waals surface area contributed by atoms with Gasteiger partial charge in [-0.1, -0.05) is 0 Å². The molecule has 1 heterocycles. The molecule has 0 aromatic carbocycles. The Morgan fingerprint density at radius 1 is 1.50 bits per heavy atom. The minimum absolute atomic E-state index is 0.0558. The fraction of sp³-hybridized carbons (Fsp3) is 0.545. The average molecular weight is 271 g/mol. The third kappa shape index (κ3) is 3.43. The molecule has 1 rings (SSSR count). The smallest absolute Gasteiger partial charge is 0.357 e. The molecule has 0 unspecified atom stereocenters. The van der Waals surface area contributed by atoms with Crippen LogP contribution in [-0.4, -0.2) is 37.6 Å². The van der Waals surface area contributed by atoms with E-state index in [1.165, 1.54) is 18.4 Å². The third-order valence-electron chi connectivity index (χ3n) is 2.42. The first-order chi connectivity index (χ1) is 8.40. The number of hydrogen-bond acceptors (Lipinski definition) is 6. The van der Waals surface area contributed by atoms with E-state index in [2.05, 4.69) is 20.4 Å². The highest BCUT2D eigenvalue weighted by Crippen LogP contribution is 2.20. The Balaban J connectivity index is 2.61. The summed E-state index contributed by atoms with van der Waals surface area (Å²) in [5.41, 5.74) is -0.283. The summed E-state index contributed by atoms with van der Waals surface area (Å²) in [6, 6.07) is 0. The zero-order chi connectivity index (χ0) is 13.8. The van der Waals surface area contributed by atoms with Gasteiger partial charge < -0.3 is 15.4 Å². The second-order valence-corrected chi connectivity index (χ2v) is 5.20. The first-order valence-corrected chi connectivity index (χ1v) is 6.28. The number of anilines is 1. The van der Waals surface area contributed by atoms with Crippen molar-refractivity contribution in [3.05, 3.63) is 11.1 Å². The highest BCUT2D eigenvalue weighted by atomic mass is 32.1. The lowest BCUT2D eigenvalue weighted by Crippen LogP contribution is -2.39. The van der Waals surface area contributed by atoms with Gasteiger partial charge in [0.15, 0.2) is 10.8 Å². The SMILES string of the molecule is CNC(=O)C(C)(C)CNc1nc(C(=O)OC)cs1. The van der Waals surface area contributed by atoms with Gasteiger partial charge in [0.2, 0.25) is 5.91 Å². The quantitative estimate of drug-likeness (QED) is 0.784. The predicted molar refractivity (Wildman–Crippen MR) is 69.8 cm³/mol. The number of rotatable bonds is 5. The highest BCUT2D eigenvalue weighted by molar-refractivity contribution is 7.13. The maximum absolute atomic E-state index is 11.6. The second-order valence-electron chi connectivity index (χ2n) is 4.35. The molecule has 0 aliphatic heterocycles. The predicted octanol–water partition coefficient (Wildman–Crippen LogP) is 1.11. The fourth-order valence-corrected chi connectivity index (χ4v) is 1.95. The van der Waals surface area contributed by atoms with Crippen molar-refractivity contribution in [2.75, 3.05) is 26.0 Å². The molecule has 100 valence electrons. The second kappa shape index (κ2) is 5.81. The Morgan fingerprint density at radius 3 is 2.72 bits per heavy atom. The van der Waals surface area contributed by atoms with E-state index in [4.69, 9.17) is 0 Å². The van der Waals surface area contributed by atoms with Crippen LogP contribution in [0, 0.1) is 5.41 Å². The lowest BCUT2D eigenvalue weighted by molar-refractivity contribution is -0.128. The van der Waals surface area contributed by atoms with Gasteiger partial charge in [-0.25, -0.2) is 9.78 Å². The van der Waals surface area contributed by atoms with E-state index in [1.54, 1.807) is 12.4 Å². The number of amides is 1. The van der Waals surface area contributed by atoms with Gasteiger partial charge in [-0.2, -0.15) is 0 Å². The van der Waals surface area contributed by atoms with Crippen molar-refractivity contribution in [3.63, 3.8) is 0 Å². The molecule has 0 atom stereocenters. The number of methoxy groups -OCH3 is 1. The minimum atomic E-state index is -0.550. The highest BCUT2D eigenvalue weighted by Gasteiger charge is 2.26. The van der Waals surface area contributed by atoms with Crippen molar-refractivity contribution >= 4 is 28.3 Å². The van der Waals surface area contributed by atoms with Gasteiger partial charge in [0.25, 0.3) is 0 Å². The van der Waals surface area contributed by atoms with Crippen LogP contribution in [0.1, 0.15) is 24.3 Å². The number of carbonyl (C=O) groups is 2. The molecule has 0 aliphatic rings. The summed E-state index contributed by atoms with van der Waals surface area (Å²) in [5.74, 6) is -0.524. The molecule has 1 aromatic rings. The zero-order valence-corrected chi connectivity index (χ0v) is 11.7. The summed E-state index contributed by atoms with van der Waals surface area (Å²) < 4.78 is 4.56. The van der Waals surface area contributed by atoms with Crippen LogP contribution >= 0.6 is 11.3 Å². The molecule has 0 radical (unpaired) electrons. The van der Waals surface area contributed by atoms with E-state index in [1.807, 2.05) is 13.8 Å². The number of aromatic nitrogens is 1. The standard InChI is InChI=1S/C11H17N3O3S/c1-11(2,9(16)12-3)6-13-10-14-7(5-18-10)8(15)17-4/h5H,6H2,1-4H3,(H,12,16)(H,13,14). The van der Waals surface area contributed by atoms with Crippen molar-refractivity contribution in [3.8, 4) is 0 Å². The molecule has 18 heavy (non-hydrogen) atoms. The number of nitrogens with one attached hydrogen (secondary N) is 2. The number of thiazole rings is 1. The molecule has 6 nitrogen and oxygen atoms in total.